The molecule has 4 rings (SSSR count). The molecule has 1 aliphatic carbocycles. The van der Waals surface area contributed by atoms with E-state index in [1.165, 1.54) is 0 Å². The molecule has 5 nitrogen and oxygen atoms in total. The van der Waals surface area contributed by atoms with Gasteiger partial charge in [0.05, 0.1) is 0 Å². The maximum Gasteiger partial charge on any atom is 0.196 e. The zero-order chi connectivity index (χ0) is 13.8. The Kier molecular flexibility index (Phi) is 2.81. The van der Waals surface area contributed by atoms with Gasteiger partial charge in [-0.2, -0.15) is 0 Å². The normalized spacial score (nSPS) is 51.9. The van der Waals surface area contributed by atoms with Crippen molar-refractivity contribution in [3.63, 3.8) is 0 Å². The van der Waals surface area contributed by atoms with Crippen molar-refractivity contribution in [2.45, 2.75) is 67.9 Å². The molecule has 0 unspecified atom stereocenters. The molecule has 0 bridgehead atoms. The van der Waals surface area contributed by atoms with E-state index in [0.717, 1.165) is 32.1 Å². The van der Waals surface area contributed by atoms with Crippen LogP contribution < -0.4 is 0 Å². The first-order valence-corrected chi connectivity index (χ1v) is 7.80. The molecular weight excluding hydrogens is 260 g/mol. The zero-order valence-corrected chi connectivity index (χ0v) is 11.7. The number of fused-ring (bicyclic) bond motifs is 2. The summed E-state index contributed by atoms with van der Waals surface area (Å²) in [6.07, 6.45) is 4.40. The van der Waals surface area contributed by atoms with Crippen molar-refractivity contribution in [1.29, 1.82) is 0 Å². The molecule has 3 heterocycles. The van der Waals surface area contributed by atoms with Crippen LogP contribution in [0.15, 0.2) is 0 Å². The Morgan fingerprint density at radius 2 is 1.65 bits per heavy atom. The zero-order valence-electron chi connectivity index (χ0n) is 11.7. The van der Waals surface area contributed by atoms with E-state index in [2.05, 4.69) is 0 Å². The Labute approximate surface area is 118 Å². The molecule has 0 aromatic heterocycles. The number of rotatable bonds is 0. The minimum atomic E-state index is -0.985. The first-order valence-electron chi connectivity index (χ1n) is 7.80. The topological polar surface area (TPSA) is 65.0 Å². The number of ether oxygens (including phenoxy) is 3. The van der Waals surface area contributed by atoms with E-state index in [9.17, 15) is 9.90 Å². The Hall–Kier alpha value is -0.490. The molecule has 0 amide bonds. The standard InChI is InChI=1S/C15H22O5/c16-11-10-13(4-1-7-18-13)15(6-3-9-20-15)14(12(11)17)5-2-8-19-14/h11,16H,1-10H2/t11-,13-,14-,15+/m1/s1. The predicted octanol–water partition coefficient (Wildman–Crippen LogP) is 0.968. The van der Waals surface area contributed by atoms with Crippen molar-refractivity contribution in [3.8, 4) is 0 Å². The lowest BCUT2D eigenvalue weighted by molar-refractivity contribution is -0.272. The van der Waals surface area contributed by atoms with E-state index in [4.69, 9.17) is 14.2 Å². The van der Waals surface area contributed by atoms with Gasteiger partial charge in [0, 0.05) is 26.2 Å². The molecule has 3 spiro atoms. The molecule has 3 aliphatic heterocycles. The average molecular weight is 282 g/mol. The van der Waals surface area contributed by atoms with Gasteiger partial charge in [-0.3, -0.25) is 4.79 Å². The molecule has 4 atom stereocenters. The average Bonchev–Trinajstić information content (AvgIpc) is 3.17. The minimum absolute atomic E-state index is 0.182. The summed E-state index contributed by atoms with van der Waals surface area (Å²) < 4.78 is 18.3. The maximum absolute atomic E-state index is 12.7. The van der Waals surface area contributed by atoms with Crippen LogP contribution >= 0.6 is 0 Å². The summed E-state index contributed by atoms with van der Waals surface area (Å²) in [5, 5.41) is 10.3. The number of Topliss-reactive ketones (excluding diaryl/α,β-unsaturated/α-hetero) is 1. The lowest BCUT2D eigenvalue weighted by Crippen LogP contribution is -2.76. The maximum atomic E-state index is 12.7. The summed E-state index contributed by atoms with van der Waals surface area (Å²) in [6, 6.07) is 0. The molecule has 0 radical (unpaired) electrons. The van der Waals surface area contributed by atoms with E-state index in [0.29, 0.717) is 32.7 Å². The Morgan fingerprint density at radius 3 is 2.25 bits per heavy atom. The summed E-state index contributed by atoms with van der Waals surface area (Å²) >= 11 is 0. The Balaban J connectivity index is 1.87. The van der Waals surface area contributed by atoms with Crippen molar-refractivity contribution in [3.05, 3.63) is 0 Å². The Morgan fingerprint density at radius 1 is 0.950 bits per heavy atom. The monoisotopic (exact) mass is 282 g/mol. The molecule has 3 saturated heterocycles. The highest BCUT2D eigenvalue weighted by atomic mass is 16.6. The van der Waals surface area contributed by atoms with Gasteiger partial charge in [0.25, 0.3) is 0 Å². The van der Waals surface area contributed by atoms with E-state index in [1.807, 2.05) is 0 Å². The van der Waals surface area contributed by atoms with Crippen LogP contribution in [0.1, 0.15) is 44.9 Å². The number of carbonyl (C=O) groups is 1. The number of ketones is 1. The third kappa shape index (κ3) is 1.35. The van der Waals surface area contributed by atoms with Crippen molar-refractivity contribution < 1.29 is 24.1 Å². The number of aliphatic hydroxyl groups is 1. The largest absolute Gasteiger partial charge is 0.385 e. The van der Waals surface area contributed by atoms with Gasteiger partial charge in [0.2, 0.25) is 0 Å². The smallest absolute Gasteiger partial charge is 0.196 e. The minimum Gasteiger partial charge on any atom is -0.385 e. The second kappa shape index (κ2) is 4.26. The van der Waals surface area contributed by atoms with Gasteiger partial charge in [-0.15, -0.1) is 0 Å². The molecule has 1 saturated carbocycles. The second-order valence-corrected chi connectivity index (χ2v) is 6.59. The van der Waals surface area contributed by atoms with Crippen LogP contribution in [0.3, 0.4) is 0 Å². The van der Waals surface area contributed by atoms with Gasteiger partial charge in [-0.25, -0.2) is 0 Å². The summed E-state index contributed by atoms with van der Waals surface area (Å²) in [6.45, 7) is 1.90. The molecule has 4 fully saturated rings. The van der Waals surface area contributed by atoms with E-state index in [-0.39, 0.29) is 5.78 Å². The van der Waals surface area contributed by atoms with Gasteiger partial charge in [-0.1, -0.05) is 0 Å². The third-order valence-corrected chi connectivity index (χ3v) is 5.76. The molecule has 5 heteroatoms. The van der Waals surface area contributed by atoms with Crippen LogP contribution in [0.2, 0.25) is 0 Å². The van der Waals surface area contributed by atoms with Gasteiger partial charge in [-0.05, 0) is 38.5 Å². The molecule has 0 aromatic carbocycles. The van der Waals surface area contributed by atoms with E-state index >= 15 is 0 Å². The first kappa shape index (κ1) is 13.2. The summed E-state index contributed by atoms with van der Waals surface area (Å²) in [5.74, 6) is -0.182. The van der Waals surface area contributed by atoms with Gasteiger partial charge in [0.15, 0.2) is 11.4 Å². The van der Waals surface area contributed by atoms with Crippen molar-refractivity contribution in [2.24, 2.45) is 0 Å². The SMILES string of the molecule is O=C1[C@H](O)C[C@]2(CCCO2)[C@@]2(CCCO2)[C@@]12CCCO2. The van der Waals surface area contributed by atoms with Gasteiger partial charge >= 0.3 is 0 Å². The molecule has 1 N–H and O–H groups in total. The fourth-order valence-corrected chi connectivity index (χ4v) is 5.05. The second-order valence-electron chi connectivity index (χ2n) is 6.59. The summed E-state index contributed by atoms with van der Waals surface area (Å²) in [4.78, 5) is 12.7. The van der Waals surface area contributed by atoms with E-state index in [1.54, 1.807) is 0 Å². The number of carbonyl (C=O) groups excluding carboxylic acids is 1. The highest BCUT2D eigenvalue weighted by Gasteiger charge is 2.75. The van der Waals surface area contributed by atoms with Crippen molar-refractivity contribution >= 4 is 5.78 Å². The molecule has 0 aromatic rings. The van der Waals surface area contributed by atoms with Crippen LogP contribution in [-0.4, -0.2) is 53.6 Å². The summed E-state index contributed by atoms with van der Waals surface area (Å²) in [5.41, 5.74) is -2.20. The quantitative estimate of drug-likeness (QED) is 0.717. The molecular formula is C15H22O5. The lowest BCUT2D eigenvalue weighted by Gasteiger charge is -2.57. The van der Waals surface area contributed by atoms with Crippen LogP contribution in [0.25, 0.3) is 0 Å². The fraction of sp³-hybridized carbons (Fsp3) is 0.933. The van der Waals surface area contributed by atoms with E-state index < -0.39 is 22.9 Å². The fourth-order valence-electron chi connectivity index (χ4n) is 5.05. The highest BCUT2D eigenvalue weighted by molar-refractivity contribution is 5.94. The lowest BCUT2D eigenvalue weighted by atomic mass is 9.58. The molecule has 4 aliphatic rings. The predicted molar refractivity (Wildman–Crippen MR) is 69.4 cm³/mol. The number of hydrogen-bond donors (Lipinski definition) is 1. The number of aliphatic hydroxyl groups excluding tert-OH is 1. The van der Waals surface area contributed by atoms with Crippen molar-refractivity contribution in [1.82, 2.24) is 0 Å². The number of hydrogen-bond acceptors (Lipinski definition) is 5. The highest BCUT2D eigenvalue weighted by Crippen LogP contribution is 2.59. The first-order chi connectivity index (χ1) is 9.66. The summed E-state index contributed by atoms with van der Waals surface area (Å²) in [7, 11) is 0. The Bertz CT molecular complexity index is 414. The van der Waals surface area contributed by atoms with Gasteiger partial charge < -0.3 is 19.3 Å². The van der Waals surface area contributed by atoms with Crippen molar-refractivity contribution in [2.75, 3.05) is 19.8 Å². The molecule has 112 valence electrons. The van der Waals surface area contributed by atoms with Crippen LogP contribution in [0, 0.1) is 0 Å². The molecule has 20 heavy (non-hydrogen) atoms. The van der Waals surface area contributed by atoms with Crippen LogP contribution in [-0.2, 0) is 19.0 Å². The van der Waals surface area contributed by atoms with Crippen LogP contribution in [0.5, 0.6) is 0 Å². The van der Waals surface area contributed by atoms with Crippen LogP contribution in [0.4, 0.5) is 0 Å². The van der Waals surface area contributed by atoms with Gasteiger partial charge in [0.1, 0.15) is 17.3 Å². The third-order valence-electron chi connectivity index (χ3n) is 5.76.